The van der Waals surface area contributed by atoms with Gasteiger partial charge in [-0.15, -0.1) is 0 Å². The second kappa shape index (κ2) is 24.8. The van der Waals surface area contributed by atoms with Crippen LogP contribution in [0.3, 0.4) is 0 Å². The Morgan fingerprint density at radius 2 is 1.42 bits per heavy atom. The quantitative estimate of drug-likeness (QED) is 0.0301. The first-order valence-electron chi connectivity index (χ1n) is 22.4. The van der Waals surface area contributed by atoms with Gasteiger partial charge in [-0.25, -0.2) is 0 Å². The number of benzene rings is 2. The second-order valence-corrected chi connectivity index (χ2v) is 18.2. The van der Waals surface area contributed by atoms with Crippen LogP contribution in [0.15, 0.2) is 65.9 Å². The molecule has 0 aliphatic carbocycles. The van der Waals surface area contributed by atoms with Gasteiger partial charge in [-0.3, -0.25) is 9.59 Å². The number of carbonyl (C=O) groups is 2. The van der Waals surface area contributed by atoms with E-state index in [2.05, 4.69) is 44.7 Å². The van der Waals surface area contributed by atoms with E-state index < -0.39 is 16.8 Å². The Morgan fingerprint density at radius 1 is 0.833 bits per heavy atom. The molecule has 0 fully saturated rings. The van der Waals surface area contributed by atoms with E-state index in [4.69, 9.17) is 39.5 Å². The topological polar surface area (TPSA) is 93.6 Å². The zero-order valence-corrected chi connectivity index (χ0v) is 38.7. The Bertz CT molecular complexity index is 1930. The highest BCUT2D eigenvalue weighted by Gasteiger charge is 2.48. The maximum atomic E-state index is 11.9. The van der Waals surface area contributed by atoms with Crippen LogP contribution in [0.5, 0.6) is 0 Å². The number of anilines is 1. The van der Waals surface area contributed by atoms with Gasteiger partial charge in [-0.2, -0.15) is 9.84 Å². The van der Waals surface area contributed by atoms with Crippen molar-refractivity contribution in [3.05, 3.63) is 92.1 Å². The third-order valence-corrected chi connectivity index (χ3v) is 13.5. The smallest absolute Gasteiger partial charge is 0.309 e. The van der Waals surface area contributed by atoms with Crippen molar-refractivity contribution >= 4 is 64.3 Å². The van der Waals surface area contributed by atoms with Gasteiger partial charge in [-0.05, 0) is 74.7 Å². The Hall–Kier alpha value is -3.57. The summed E-state index contributed by atoms with van der Waals surface area (Å²) in [6, 6.07) is 12.2. The minimum atomic E-state index is -0.891. The van der Waals surface area contributed by atoms with Crippen LogP contribution in [-0.2, 0) is 25.2 Å². The molecule has 7 nitrogen and oxygen atoms in total. The van der Waals surface area contributed by atoms with Gasteiger partial charge in [0.05, 0.1) is 33.6 Å². The van der Waals surface area contributed by atoms with Gasteiger partial charge in [0.25, 0.3) is 6.47 Å². The first-order chi connectivity index (χ1) is 28.9. The van der Waals surface area contributed by atoms with Gasteiger partial charge >= 0.3 is 5.97 Å². The lowest BCUT2D eigenvalue weighted by Gasteiger charge is -2.30. The van der Waals surface area contributed by atoms with Crippen molar-refractivity contribution in [3.8, 4) is 6.07 Å². The number of hydrogen-bond acceptors (Lipinski definition) is 5. The molecule has 1 N–H and O–H groups in total. The van der Waals surface area contributed by atoms with Gasteiger partial charge in [0.2, 0.25) is 5.69 Å². The number of halogens is 3. The van der Waals surface area contributed by atoms with E-state index in [1.54, 1.807) is 0 Å². The SMILES string of the molecule is CCCCCCCCCCC1(C)C(/C=C/C(C#N)=C/C=C2/N(CCOC=O)c3ccc(Cl)cc3C2(C)CCCCCCCCCC)=[N+](CCC(=O)O)c2cc(Cl)c(Cl)cc21. The molecule has 0 saturated carbocycles. The summed E-state index contributed by atoms with van der Waals surface area (Å²) in [5.74, 6) is -0.891. The van der Waals surface area contributed by atoms with Crippen molar-refractivity contribution in [2.75, 3.05) is 24.6 Å². The molecular weight excluding hydrogens is 813 g/mol. The highest BCUT2D eigenvalue weighted by molar-refractivity contribution is 6.42. The average Bonchev–Trinajstić information content (AvgIpc) is 3.58. The molecule has 4 rings (SSSR count). The third kappa shape index (κ3) is 13.0. The van der Waals surface area contributed by atoms with Crippen molar-refractivity contribution in [1.82, 2.24) is 0 Å². The van der Waals surface area contributed by atoms with Crippen LogP contribution in [0.25, 0.3) is 0 Å². The molecule has 2 aromatic rings. The van der Waals surface area contributed by atoms with Crippen LogP contribution in [-0.4, -0.2) is 47.5 Å². The maximum Gasteiger partial charge on any atom is 0.309 e. The van der Waals surface area contributed by atoms with Crippen molar-refractivity contribution in [2.45, 2.75) is 161 Å². The molecular formula is C50H67Cl3N3O4+. The Morgan fingerprint density at radius 3 is 2.00 bits per heavy atom. The van der Waals surface area contributed by atoms with Crippen molar-refractivity contribution in [1.29, 1.82) is 5.26 Å². The standard InChI is InChI=1S/C50H66Cl3N3O4/c1-5-7-9-11-13-15-17-19-28-49(3)40-33-39(51)23-24-44(40)56(31-32-60-37-57)47(49)26-22-38(36-54)21-25-46-50(4,29-20-18-16-14-12-10-8-6-2)41-34-42(52)43(53)35-45(41)55(46)30-27-48(58)59/h21-26,33-35,37H,5-20,27-32H2,1-4H3/p+1. The summed E-state index contributed by atoms with van der Waals surface area (Å²) in [6.07, 6.45) is 28.6. The fourth-order valence-corrected chi connectivity index (χ4v) is 9.66. The van der Waals surface area contributed by atoms with E-state index in [-0.39, 0.29) is 19.6 Å². The van der Waals surface area contributed by atoms with Crippen LogP contribution in [0, 0.1) is 11.3 Å². The predicted molar refractivity (Wildman–Crippen MR) is 249 cm³/mol. The average molecular weight is 880 g/mol. The molecule has 0 radical (unpaired) electrons. The number of ether oxygens (including phenoxy) is 1. The summed E-state index contributed by atoms with van der Waals surface area (Å²) >= 11 is 19.9. The predicted octanol–water partition coefficient (Wildman–Crippen LogP) is 14.4. The minimum Gasteiger partial charge on any atom is -0.481 e. The molecule has 2 aliphatic heterocycles. The number of carbonyl (C=O) groups excluding carboxylic acids is 1. The lowest BCUT2D eigenvalue weighted by atomic mass is 9.75. The summed E-state index contributed by atoms with van der Waals surface area (Å²) in [4.78, 5) is 25.3. The number of fused-ring (bicyclic) bond motifs is 2. The van der Waals surface area contributed by atoms with Gasteiger partial charge in [-0.1, -0.05) is 151 Å². The molecule has 2 aromatic carbocycles. The second-order valence-electron chi connectivity index (χ2n) is 17.0. The summed E-state index contributed by atoms with van der Waals surface area (Å²) in [5.41, 5.74) is 5.51. The van der Waals surface area contributed by atoms with Gasteiger partial charge < -0.3 is 14.7 Å². The molecule has 0 bridgehead atoms. The van der Waals surface area contributed by atoms with Gasteiger partial charge in [0, 0.05) is 39.5 Å². The molecule has 0 spiro atoms. The lowest BCUT2D eigenvalue weighted by Crippen LogP contribution is -2.32. The van der Waals surface area contributed by atoms with E-state index >= 15 is 0 Å². The van der Waals surface area contributed by atoms with E-state index in [1.807, 2.05) is 53.1 Å². The summed E-state index contributed by atoms with van der Waals surface area (Å²) < 4.78 is 7.25. The minimum absolute atomic E-state index is 0.0659. The van der Waals surface area contributed by atoms with E-state index in [9.17, 15) is 20.0 Å². The molecule has 0 saturated heterocycles. The summed E-state index contributed by atoms with van der Waals surface area (Å²) in [6.45, 7) is 10.3. The molecule has 2 heterocycles. The number of hydrogen-bond donors (Lipinski definition) is 1. The largest absolute Gasteiger partial charge is 0.481 e. The molecule has 60 heavy (non-hydrogen) atoms. The van der Waals surface area contributed by atoms with E-state index in [0.717, 1.165) is 72.4 Å². The van der Waals surface area contributed by atoms with Crippen LogP contribution < -0.4 is 4.90 Å². The van der Waals surface area contributed by atoms with Crippen LogP contribution in [0.4, 0.5) is 11.4 Å². The molecule has 326 valence electrons. The molecule has 2 atom stereocenters. The van der Waals surface area contributed by atoms with Crippen LogP contribution in [0.2, 0.25) is 15.1 Å². The number of allylic oxidation sites excluding steroid dienone is 6. The number of carboxylic acids is 1. The van der Waals surface area contributed by atoms with Crippen molar-refractivity contribution in [3.63, 3.8) is 0 Å². The Labute approximate surface area is 375 Å². The number of carboxylic acid groups (broad SMARTS) is 1. The first-order valence-corrected chi connectivity index (χ1v) is 23.6. The fourth-order valence-electron chi connectivity index (χ4n) is 9.17. The molecule has 0 amide bonds. The highest BCUT2D eigenvalue weighted by Crippen LogP contribution is 2.52. The van der Waals surface area contributed by atoms with E-state index in [1.165, 1.54) is 77.0 Å². The zero-order valence-electron chi connectivity index (χ0n) is 36.5. The third-order valence-electron chi connectivity index (χ3n) is 12.6. The lowest BCUT2D eigenvalue weighted by molar-refractivity contribution is -0.436. The fraction of sp³-hybridized carbons (Fsp3) is 0.560. The number of rotatable bonds is 28. The number of unbranched alkanes of at least 4 members (excludes halogenated alkanes) is 14. The molecule has 0 aromatic heterocycles. The molecule has 2 unspecified atom stereocenters. The van der Waals surface area contributed by atoms with Crippen molar-refractivity contribution in [2.24, 2.45) is 0 Å². The van der Waals surface area contributed by atoms with Crippen LogP contribution in [0.1, 0.15) is 161 Å². The van der Waals surface area contributed by atoms with Gasteiger partial charge in [0.15, 0.2) is 12.3 Å². The summed E-state index contributed by atoms with van der Waals surface area (Å²) in [7, 11) is 0. The highest BCUT2D eigenvalue weighted by atomic mass is 35.5. The summed E-state index contributed by atoms with van der Waals surface area (Å²) in [5, 5.41) is 21.9. The monoisotopic (exact) mass is 878 g/mol. The Balaban J connectivity index is 1.72. The molecule has 2 aliphatic rings. The number of aliphatic carboxylic acids is 1. The Kier molecular flexibility index (Phi) is 20.3. The zero-order chi connectivity index (χ0) is 43.5. The van der Waals surface area contributed by atoms with Gasteiger partial charge in [0.1, 0.15) is 13.0 Å². The molecule has 10 heteroatoms. The normalized spacial score (nSPS) is 19.3. The number of nitrogens with zero attached hydrogens (tertiary/aromatic N) is 3. The van der Waals surface area contributed by atoms with Crippen molar-refractivity contribution < 1.29 is 24.0 Å². The number of nitriles is 1. The first kappa shape index (κ1) is 49.1. The maximum absolute atomic E-state index is 11.9. The van der Waals surface area contributed by atoms with Crippen LogP contribution >= 0.6 is 34.8 Å². The van der Waals surface area contributed by atoms with E-state index in [0.29, 0.717) is 33.7 Å².